The zero-order valence-electron chi connectivity index (χ0n) is 11.0. The van der Waals surface area contributed by atoms with Crippen LogP contribution < -0.4 is 5.73 Å². The number of primary amides is 1. The van der Waals surface area contributed by atoms with E-state index in [-0.39, 0.29) is 18.1 Å². The van der Waals surface area contributed by atoms with Crippen molar-refractivity contribution in [1.82, 2.24) is 9.88 Å². The number of hydrogen-bond acceptors (Lipinski definition) is 3. The number of pyridine rings is 1. The maximum Gasteiger partial charge on any atom is 0.272 e. The maximum atomic E-state index is 12.3. The zero-order valence-corrected chi connectivity index (χ0v) is 11.7. The minimum Gasteiger partial charge on any atom is -0.368 e. The number of halogens is 1. The molecule has 0 fully saturated rings. The highest BCUT2D eigenvalue weighted by molar-refractivity contribution is 6.35. The van der Waals surface area contributed by atoms with Gasteiger partial charge in [-0.05, 0) is 19.1 Å². The first-order valence-corrected chi connectivity index (χ1v) is 6.53. The molecule has 0 saturated carbocycles. The minimum atomic E-state index is -0.563. The first-order valence-electron chi connectivity index (χ1n) is 6.15. The number of para-hydroxylation sites is 1. The van der Waals surface area contributed by atoms with Crippen LogP contribution in [0, 0.1) is 0 Å². The normalized spacial score (nSPS) is 10.5. The van der Waals surface area contributed by atoms with Gasteiger partial charge in [0.15, 0.2) is 0 Å². The van der Waals surface area contributed by atoms with Gasteiger partial charge in [-0.2, -0.15) is 0 Å². The van der Waals surface area contributed by atoms with Gasteiger partial charge in [-0.1, -0.05) is 29.8 Å². The first kappa shape index (κ1) is 14.3. The molecule has 0 aliphatic carbocycles. The molecule has 0 atom stereocenters. The molecule has 0 radical (unpaired) electrons. The highest BCUT2D eigenvalue weighted by Gasteiger charge is 2.18. The average molecular weight is 292 g/mol. The lowest BCUT2D eigenvalue weighted by Crippen LogP contribution is -2.38. The van der Waals surface area contributed by atoms with E-state index in [1.807, 2.05) is 18.2 Å². The Morgan fingerprint density at radius 3 is 2.70 bits per heavy atom. The Morgan fingerprint density at radius 2 is 2.05 bits per heavy atom. The summed E-state index contributed by atoms with van der Waals surface area (Å²) in [6, 6.07) is 8.79. The molecule has 2 aromatic rings. The van der Waals surface area contributed by atoms with Gasteiger partial charge in [0.05, 0.1) is 17.1 Å². The number of carbonyl (C=O) groups is 2. The van der Waals surface area contributed by atoms with Gasteiger partial charge in [-0.3, -0.25) is 9.59 Å². The van der Waals surface area contributed by atoms with Gasteiger partial charge in [-0.15, -0.1) is 0 Å². The lowest BCUT2D eigenvalue weighted by Gasteiger charge is -2.18. The summed E-state index contributed by atoms with van der Waals surface area (Å²) in [4.78, 5) is 28.9. The van der Waals surface area contributed by atoms with E-state index in [2.05, 4.69) is 4.98 Å². The molecule has 0 spiro atoms. The van der Waals surface area contributed by atoms with E-state index in [0.717, 1.165) is 5.39 Å². The van der Waals surface area contributed by atoms with Gasteiger partial charge in [-0.25, -0.2) is 4.98 Å². The monoisotopic (exact) mass is 291 g/mol. The van der Waals surface area contributed by atoms with Crippen molar-refractivity contribution in [1.29, 1.82) is 0 Å². The van der Waals surface area contributed by atoms with Crippen molar-refractivity contribution >= 4 is 34.3 Å². The average Bonchev–Trinajstić information content (AvgIpc) is 2.43. The summed E-state index contributed by atoms with van der Waals surface area (Å²) in [7, 11) is 0. The molecule has 1 heterocycles. The summed E-state index contributed by atoms with van der Waals surface area (Å²) in [5.74, 6) is -0.925. The number of nitrogens with two attached hydrogens (primary N) is 1. The number of amides is 2. The molecule has 2 N–H and O–H groups in total. The van der Waals surface area contributed by atoms with Gasteiger partial charge in [0.2, 0.25) is 5.91 Å². The molecule has 20 heavy (non-hydrogen) atoms. The zero-order chi connectivity index (χ0) is 14.7. The summed E-state index contributed by atoms with van der Waals surface area (Å²) in [5, 5.41) is 1.23. The van der Waals surface area contributed by atoms with E-state index in [9.17, 15) is 9.59 Å². The number of nitrogens with zero attached hydrogens (tertiary/aromatic N) is 2. The molecule has 0 aliphatic rings. The highest BCUT2D eigenvalue weighted by atomic mass is 35.5. The molecule has 5 nitrogen and oxygen atoms in total. The Morgan fingerprint density at radius 1 is 1.35 bits per heavy atom. The summed E-state index contributed by atoms with van der Waals surface area (Å²) in [6.07, 6.45) is 0. The predicted molar refractivity (Wildman–Crippen MR) is 77.5 cm³/mol. The fourth-order valence-electron chi connectivity index (χ4n) is 1.92. The fourth-order valence-corrected chi connectivity index (χ4v) is 2.18. The predicted octanol–water partition coefficient (Wildman–Crippen LogP) is 1.84. The Hall–Kier alpha value is -2.14. The van der Waals surface area contributed by atoms with Gasteiger partial charge >= 0.3 is 0 Å². The van der Waals surface area contributed by atoms with Crippen molar-refractivity contribution in [2.45, 2.75) is 6.92 Å². The third-order valence-electron chi connectivity index (χ3n) is 2.90. The number of hydrogen-bond donors (Lipinski definition) is 1. The van der Waals surface area contributed by atoms with E-state index >= 15 is 0 Å². The smallest absolute Gasteiger partial charge is 0.272 e. The molecule has 0 unspecified atom stereocenters. The number of carbonyl (C=O) groups excluding carboxylic acids is 2. The topological polar surface area (TPSA) is 76.3 Å². The molecular formula is C14H14ClN3O2. The van der Waals surface area contributed by atoms with Crippen LogP contribution in [-0.2, 0) is 4.79 Å². The van der Waals surface area contributed by atoms with Gasteiger partial charge < -0.3 is 10.6 Å². The minimum absolute atomic E-state index is 0.137. The third kappa shape index (κ3) is 2.88. The van der Waals surface area contributed by atoms with Crippen LogP contribution in [0.5, 0.6) is 0 Å². The molecule has 1 aromatic carbocycles. The number of benzene rings is 1. The van der Waals surface area contributed by atoms with Crippen LogP contribution in [0.1, 0.15) is 17.4 Å². The van der Waals surface area contributed by atoms with Crippen molar-refractivity contribution in [3.05, 3.63) is 41.0 Å². The molecule has 2 rings (SSSR count). The second kappa shape index (κ2) is 5.88. The molecular weight excluding hydrogens is 278 g/mol. The summed E-state index contributed by atoms with van der Waals surface area (Å²) in [6.45, 7) is 2.00. The largest absolute Gasteiger partial charge is 0.368 e. The first-order chi connectivity index (χ1) is 9.52. The SMILES string of the molecule is CCN(CC(N)=O)C(=O)c1cc(Cl)c2ccccc2n1. The summed E-state index contributed by atoms with van der Waals surface area (Å²) < 4.78 is 0. The molecule has 0 aliphatic heterocycles. The summed E-state index contributed by atoms with van der Waals surface area (Å²) >= 11 is 6.16. The fraction of sp³-hybridized carbons (Fsp3) is 0.214. The second-order valence-electron chi connectivity index (χ2n) is 4.29. The Bertz CT molecular complexity index is 673. The van der Waals surface area contributed by atoms with Crippen LogP contribution in [0.25, 0.3) is 10.9 Å². The lowest BCUT2D eigenvalue weighted by molar-refractivity contribution is -0.118. The maximum absolute atomic E-state index is 12.3. The molecule has 0 bridgehead atoms. The molecule has 0 saturated heterocycles. The van der Waals surface area contributed by atoms with Crippen molar-refractivity contribution in [3.63, 3.8) is 0 Å². The van der Waals surface area contributed by atoms with Gasteiger partial charge in [0.25, 0.3) is 5.91 Å². The number of fused-ring (bicyclic) bond motifs is 1. The third-order valence-corrected chi connectivity index (χ3v) is 3.21. The molecule has 6 heteroatoms. The van der Waals surface area contributed by atoms with Gasteiger partial charge in [0, 0.05) is 11.9 Å². The van der Waals surface area contributed by atoms with Gasteiger partial charge in [0.1, 0.15) is 5.69 Å². The van der Waals surface area contributed by atoms with Crippen molar-refractivity contribution in [2.24, 2.45) is 5.73 Å². The van der Waals surface area contributed by atoms with Crippen molar-refractivity contribution in [2.75, 3.05) is 13.1 Å². The standard InChI is InChI=1S/C14H14ClN3O2/c1-2-18(8-13(16)19)14(20)12-7-10(15)9-5-3-4-6-11(9)17-12/h3-7H,2,8H2,1H3,(H2,16,19). The molecule has 104 valence electrons. The van der Waals surface area contributed by atoms with Crippen LogP contribution >= 0.6 is 11.6 Å². The summed E-state index contributed by atoms with van der Waals surface area (Å²) in [5.41, 5.74) is 5.97. The number of rotatable bonds is 4. The van der Waals surface area contributed by atoms with Crippen LogP contribution in [0.4, 0.5) is 0 Å². The van der Waals surface area contributed by atoms with Crippen LogP contribution in [0.3, 0.4) is 0 Å². The number of aromatic nitrogens is 1. The highest BCUT2D eigenvalue weighted by Crippen LogP contribution is 2.23. The van der Waals surface area contributed by atoms with E-state index in [1.54, 1.807) is 13.0 Å². The molecule has 1 aromatic heterocycles. The quantitative estimate of drug-likeness (QED) is 0.934. The van der Waals surface area contributed by atoms with E-state index in [0.29, 0.717) is 17.1 Å². The Kier molecular flexibility index (Phi) is 4.20. The Balaban J connectivity index is 2.41. The van der Waals surface area contributed by atoms with Crippen LogP contribution in [0.2, 0.25) is 5.02 Å². The Labute approximate surface area is 121 Å². The molecule has 2 amide bonds. The van der Waals surface area contributed by atoms with Crippen LogP contribution in [-0.4, -0.2) is 34.8 Å². The van der Waals surface area contributed by atoms with E-state index < -0.39 is 5.91 Å². The second-order valence-corrected chi connectivity index (χ2v) is 4.70. The van der Waals surface area contributed by atoms with E-state index in [4.69, 9.17) is 17.3 Å². The lowest BCUT2D eigenvalue weighted by atomic mass is 10.2. The van der Waals surface area contributed by atoms with Crippen molar-refractivity contribution < 1.29 is 9.59 Å². The number of likely N-dealkylation sites (N-methyl/N-ethyl adjacent to an activating group) is 1. The van der Waals surface area contributed by atoms with E-state index in [1.165, 1.54) is 11.0 Å². The van der Waals surface area contributed by atoms with Crippen LogP contribution in [0.15, 0.2) is 30.3 Å². The van der Waals surface area contributed by atoms with Crippen molar-refractivity contribution in [3.8, 4) is 0 Å².